The zero-order chi connectivity index (χ0) is 33.4. The first kappa shape index (κ1) is 42.9. The van der Waals surface area contributed by atoms with Crippen molar-refractivity contribution in [2.75, 3.05) is 6.54 Å². The molecule has 1 N–H and O–H groups in total. The Morgan fingerprint density at radius 3 is 2.16 bits per heavy atom. The Balaban J connectivity index is 0. The fraction of sp³-hybridized carbons (Fsp3) is 0.525. The summed E-state index contributed by atoms with van der Waals surface area (Å²) in [7, 11) is 0. The molecule has 2 aliphatic carbocycles. The number of allylic oxidation sites excluding steroid dienone is 10. The Kier molecular flexibility index (Phi) is 30.4. The quantitative estimate of drug-likeness (QED) is 0.118. The van der Waals surface area contributed by atoms with Gasteiger partial charge in [0.1, 0.15) is 11.5 Å². The van der Waals surface area contributed by atoms with Crippen LogP contribution in [-0.2, 0) is 9.53 Å². The number of benzene rings is 1. The largest absolute Gasteiger partial charge is 0.485 e. The van der Waals surface area contributed by atoms with Gasteiger partial charge in [-0.05, 0) is 95.9 Å². The normalized spacial score (nSPS) is 14.6. The van der Waals surface area contributed by atoms with Crippen molar-refractivity contribution in [1.29, 1.82) is 0 Å². The highest BCUT2D eigenvalue weighted by Crippen LogP contribution is 2.23. The Labute approximate surface area is 272 Å². The van der Waals surface area contributed by atoms with Gasteiger partial charge in [0.25, 0.3) is 0 Å². The monoisotopic (exact) mass is 607 g/mol. The molecule has 0 bridgehead atoms. The smallest absolute Gasteiger partial charge is 0.186 e. The summed E-state index contributed by atoms with van der Waals surface area (Å²) in [6.45, 7) is 23.0. The number of nitrogens with one attached hydrogen (secondary N) is 1. The lowest BCUT2D eigenvalue weighted by Crippen LogP contribution is -2.20. The number of ether oxygens (including phenoxy) is 2. The highest BCUT2D eigenvalue weighted by molar-refractivity contribution is 5.71. The standard InChI is InChI=1S/C13H14O.C12H21NO2.C7H10.C6H14.C2H6/c1-11-7-5-6-10-13(11)14-12-8-3-2-4-9-12;1-3-13-10(2)12(9-14)15-11-7-5-4-6-8-11;1-3-5-7-6-4-2;1-4-6(3)5-2;1-2/h3,5-10H,2,4H2,1H3;9,11,13H,3-8H2,1-2H3;3-7H,1H2,2H3;6H,4-5H2,1-3H3;1-2H3/b;12-10-;6-4-,7-5-;;. The van der Waals surface area contributed by atoms with Crippen LogP contribution in [0.3, 0.4) is 0 Å². The van der Waals surface area contributed by atoms with Crippen molar-refractivity contribution >= 4 is 6.29 Å². The van der Waals surface area contributed by atoms with Crippen molar-refractivity contribution in [3.8, 4) is 5.75 Å². The molecule has 1 aromatic carbocycles. The zero-order valence-corrected chi connectivity index (χ0v) is 29.7. The number of carbonyl (C=O) groups is 1. The number of aldehydes is 1. The minimum atomic E-state index is 0.243. The Bertz CT molecular complexity index is 990. The first-order chi connectivity index (χ1) is 21.4. The lowest BCUT2D eigenvalue weighted by Gasteiger charge is -2.23. The highest BCUT2D eigenvalue weighted by atomic mass is 16.5. The van der Waals surface area contributed by atoms with E-state index in [2.05, 4.69) is 57.8 Å². The molecule has 1 saturated carbocycles. The molecule has 44 heavy (non-hydrogen) atoms. The molecular formula is C40H65NO3. The summed E-state index contributed by atoms with van der Waals surface area (Å²) < 4.78 is 11.5. The van der Waals surface area contributed by atoms with Gasteiger partial charge in [0.2, 0.25) is 0 Å². The van der Waals surface area contributed by atoms with E-state index in [0.29, 0.717) is 5.76 Å². The molecule has 4 heteroatoms. The lowest BCUT2D eigenvalue weighted by molar-refractivity contribution is -0.109. The molecule has 0 unspecified atom stereocenters. The van der Waals surface area contributed by atoms with Crippen molar-refractivity contribution < 1.29 is 14.3 Å². The molecular weight excluding hydrogens is 542 g/mol. The van der Waals surface area contributed by atoms with E-state index in [4.69, 9.17) is 9.47 Å². The second-order valence-corrected chi connectivity index (χ2v) is 10.5. The van der Waals surface area contributed by atoms with Crippen molar-refractivity contribution in [2.24, 2.45) is 5.92 Å². The summed E-state index contributed by atoms with van der Waals surface area (Å²) in [4.78, 5) is 10.9. The molecule has 1 fully saturated rings. The SMILES string of the molecule is C=C/C=C\C=C/C.CC.CCC(C)CC.CCN/C(C)=C(/C=O)OC1CCCCC1.Cc1ccccc1OC1=CCCC=C1. The van der Waals surface area contributed by atoms with Gasteiger partial charge in [-0.3, -0.25) is 4.79 Å². The molecule has 248 valence electrons. The maximum absolute atomic E-state index is 10.9. The third-order valence-corrected chi connectivity index (χ3v) is 6.99. The minimum Gasteiger partial charge on any atom is -0.485 e. The second kappa shape index (κ2) is 31.2. The van der Waals surface area contributed by atoms with Crippen LogP contribution >= 0.6 is 0 Å². The average Bonchev–Trinajstić information content (AvgIpc) is 3.07. The molecule has 4 nitrogen and oxygen atoms in total. The lowest BCUT2D eigenvalue weighted by atomic mass is 9.98. The van der Waals surface area contributed by atoms with Gasteiger partial charge in [-0.15, -0.1) is 0 Å². The van der Waals surface area contributed by atoms with Crippen LogP contribution in [0.4, 0.5) is 0 Å². The van der Waals surface area contributed by atoms with Gasteiger partial charge in [0, 0.05) is 6.54 Å². The van der Waals surface area contributed by atoms with Crippen LogP contribution in [0, 0.1) is 12.8 Å². The summed E-state index contributed by atoms with van der Waals surface area (Å²) in [5.41, 5.74) is 2.02. The van der Waals surface area contributed by atoms with E-state index in [-0.39, 0.29) is 6.10 Å². The Morgan fingerprint density at radius 1 is 1.02 bits per heavy atom. The molecule has 0 heterocycles. The van der Waals surface area contributed by atoms with Gasteiger partial charge in [-0.2, -0.15) is 0 Å². The topological polar surface area (TPSA) is 47.6 Å². The van der Waals surface area contributed by atoms with Crippen molar-refractivity contribution in [1.82, 2.24) is 5.32 Å². The number of hydrogen-bond donors (Lipinski definition) is 1. The molecule has 3 rings (SSSR count). The zero-order valence-electron chi connectivity index (χ0n) is 29.7. The summed E-state index contributed by atoms with van der Waals surface area (Å²) in [5.74, 6) is 3.32. The van der Waals surface area contributed by atoms with Crippen LogP contribution in [0.2, 0.25) is 0 Å². The summed E-state index contributed by atoms with van der Waals surface area (Å²) in [6, 6.07) is 8.07. The predicted octanol–water partition coefficient (Wildman–Crippen LogP) is 11.8. The van der Waals surface area contributed by atoms with E-state index in [1.807, 2.05) is 83.2 Å². The first-order valence-electron chi connectivity index (χ1n) is 16.9. The van der Waals surface area contributed by atoms with Crippen LogP contribution in [-0.4, -0.2) is 18.9 Å². The molecule has 0 radical (unpaired) electrons. The van der Waals surface area contributed by atoms with Gasteiger partial charge in [0.05, 0.1) is 11.8 Å². The molecule has 0 spiro atoms. The minimum absolute atomic E-state index is 0.243. The van der Waals surface area contributed by atoms with Gasteiger partial charge < -0.3 is 14.8 Å². The van der Waals surface area contributed by atoms with Crippen molar-refractivity contribution in [3.63, 3.8) is 0 Å². The highest BCUT2D eigenvalue weighted by Gasteiger charge is 2.16. The van der Waals surface area contributed by atoms with Gasteiger partial charge in [0.15, 0.2) is 12.0 Å². The number of hydrogen-bond acceptors (Lipinski definition) is 4. The summed E-state index contributed by atoms with van der Waals surface area (Å²) >= 11 is 0. The maximum Gasteiger partial charge on any atom is 0.186 e. The Hall–Kier alpha value is -3.27. The van der Waals surface area contributed by atoms with Crippen LogP contribution in [0.5, 0.6) is 5.75 Å². The average molecular weight is 608 g/mol. The van der Waals surface area contributed by atoms with Crippen LogP contribution < -0.4 is 10.1 Å². The van der Waals surface area contributed by atoms with E-state index in [1.54, 1.807) is 6.08 Å². The number of rotatable bonds is 11. The van der Waals surface area contributed by atoms with Crippen molar-refractivity contribution in [2.45, 2.75) is 126 Å². The van der Waals surface area contributed by atoms with Crippen molar-refractivity contribution in [3.05, 3.63) is 102 Å². The molecule has 0 atom stereocenters. The van der Waals surface area contributed by atoms with Crippen LogP contribution in [0.1, 0.15) is 119 Å². The van der Waals surface area contributed by atoms with E-state index in [1.165, 1.54) is 37.7 Å². The van der Waals surface area contributed by atoms with Gasteiger partial charge >= 0.3 is 0 Å². The summed E-state index contributed by atoms with van der Waals surface area (Å²) in [6.07, 6.45) is 27.6. The van der Waals surface area contributed by atoms with Gasteiger partial charge in [-0.1, -0.05) is 115 Å². The summed E-state index contributed by atoms with van der Waals surface area (Å²) in [5, 5.41) is 3.11. The fourth-order valence-corrected chi connectivity index (χ4v) is 3.92. The maximum atomic E-state index is 10.9. The molecule has 0 aliphatic heterocycles. The predicted molar refractivity (Wildman–Crippen MR) is 194 cm³/mol. The third kappa shape index (κ3) is 23.2. The first-order valence-corrected chi connectivity index (χ1v) is 16.9. The Morgan fingerprint density at radius 2 is 1.68 bits per heavy atom. The second-order valence-electron chi connectivity index (χ2n) is 10.5. The number of carbonyl (C=O) groups excluding carboxylic acids is 1. The molecule has 0 aromatic heterocycles. The molecule has 0 amide bonds. The molecule has 2 aliphatic rings. The third-order valence-electron chi connectivity index (χ3n) is 6.99. The number of para-hydroxylation sites is 1. The molecule has 0 saturated heterocycles. The van der Waals surface area contributed by atoms with E-state index >= 15 is 0 Å². The van der Waals surface area contributed by atoms with E-state index < -0.39 is 0 Å². The van der Waals surface area contributed by atoms with Crippen LogP contribution in [0.25, 0.3) is 0 Å². The van der Waals surface area contributed by atoms with Gasteiger partial charge in [-0.25, -0.2) is 0 Å². The van der Waals surface area contributed by atoms with E-state index in [0.717, 1.165) is 61.6 Å². The number of aryl methyl sites for hydroxylation is 1. The molecule has 1 aromatic rings. The van der Waals surface area contributed by atoms with Crippen LogP contribution in [0.15, 0.2) is 96.7 Å². The fourth-order valence-electron chi connectivity index (χ4n) is 3.92. The van der Waals surface area contributed by atoms with E-state index in [9.17, 15) is 4.79 Å².